The summed E-state index contributed by atoms with van der Waals surface area (Å²) in [4.78, 5) is 16.5. The average molecular weight is 347 g/mol. The SMILES string of the molecule is CN(CC(=O)O)C1CCN(Cc2ccc(Br)s2)CC1. The molecular weight excluding hydrogens is 328 g/mol. The molecule has 0 radical (unpaired) electrons. The van der Waals surface area contributed by atoms with E-state index in [9.17, 15) is 4.79 Å². The van der Waals surface area contributed by atoms with Crippen molar-refractivity contribution >= 4 is 33.2 Å². The lowest BCUT2D eigenvalue weighted by Gasteiger charge is -2.35. The molecule has 0 aliphatic carbocycles. The van der Waals surface area contributed by atoms with E-state index in [2.05, 4.69) is 33.0 Å². The molecule has 1 fully saturated rings. The second kappa shape index (κ2) is 6.83. The Bertz CT molecular complexity index is 430. The van der Waals surface area contributed by atoms with Gasteiger partial charge in [0.05, 0.1) is 10.3 Å². The van der Waals surface area contributed by atoms with Crippen LogP contribution in [0.5, 0.6) is 0 Å². The van der Waals surface area contributed by atoms with Crippen molar-refractivity contribution in [3.63, 3.8) is 0 Å². The minimum Gasteiger partial charge on any atom is -0.480 e. The third-order valence-corrected chi connectivity index (χ3v) is 5.18. The van der Waals surface area contributed by atoms with Crippen LogP contribution in [0.4, 0.5) is 0 Å². The fraction of sp³-hybridized carbons (Fsp3) is 0.615. The van der Waals surface area contributed by atoms with Gasteiger partial charge in [-0.1, -0.05) is 0 Å². The first-order chi connectivity index (χ1) is 9.04. The fourth-order valence-electron chi connectivity index (χ4n) is 2.52. The molecule has 2 heterocycles. The molecule has 6 heteroatoms. The number of rotatable bonds is 5. The van der Waals surface area contributed by atoms with Crippen LogP contribution < -0.4 is 0 Å². The molecular formula is C13H19BrN2O2S. The summed E-state index contributed by atoms with van der Waals surface area (Å²) >= 11 is 5.27. The summed E-state index contributed by atoms with van der Waals surface area (Å²) in [5, 5.41) is 8.81. The number of hydrogen-bond donors (Lipinski definition) is 1. The minimum atomic E-state index is -0.742. The summed E-state index contributed by atoms with van der Waals surface area (Å²) in [7, 11) is 1.91. The van der Waals surface area contributed by atoms with Gasteiger partial charge >= 0.3 is 5.97 Å². The summed E-state index contributed by atoms with van der Waals surface area (Å²) in [5.41, 5.74) is 0. The van der Waals surface area contributed by atoms with Gasteiger partial charge in [-0.25, -0.2) is 0 Å². The standard InChI is InChI=1S/C13H19BrN2O2S/c1-15(9-13(17)18)10-4-6-16(7-5-10)8-11-2-3-12(14)19-11/h2-3,10H,4-9H2,1H3,(H,17,18). The number of carbonyl (C=O) groups is 1. The van der Waals surface area contributed by atoms with E-state index in [-0.39, 0.29) is 6.54 Å². The number of carboxylic acid groups (broad SMARTS) is 1. The van der Waals surface area contributed by atoms with Crippen LogP contribution in [0.15, 0.2) is 15.9 Å². The van der Waals surface area contributed by atoms with Gasteiger partial charge in [0.15, 0.2) is 0 Å². The molecule has 1 aliphatic heterocycles. The van der Waals surface area contributed by atoms with Gasteiger partial charge in [-0.2, -0.15) is 0 Å². The van der Waals surface area contributed by atoms with Crippen molar-refractivity contribution in [3.8, 4) is 0 Å². The van der Waals surface area contributed by atoms with Crippen molar-refractivity contribution in [1.29, 1.82) is 0 Å². The molecule has 19 heavy (non-hydrogen) atoms. The Hall–Kier alpha value is -0.430. The second-order valence-corrected chi connectivity index (χ2v) is 7.57. The van der Waals surface area contributed by atoms with Gasteiger partial charge in [0.2, 0.25) is 0 Å². The van der Waals surface area contributed by atoms with Gasteiger partial charge < -0.3 is 5.11 Å². The van der Waals surface area contributed by atoms with Gasteiger partial charge in [-0.3, -0.25) is 14.6 Å². The van der Waals surface area contributed by atoms with Crippen LogP contribution in [-0.4, -0.2) is 53.6 Å². The van der Waals surface area contributed by atoms with Gasteiger partial charge in [0, 0.05) is 30.6 Å². The van der Waals surface area contributed by atoms with Gasteiger partial charge in [-0.15, -0.1) is 11.3 Å². The van der Waals surface area contributed by atoms with E-state index >= 15 is 0 Å². The summed E-state index contributed by atoms with van der Waals surface area (Å²) in [6.07, 6.45) is 2.10. The van der Waals surface area contributed by atoms with Gasteiger partial charge in [-0.05, 0) is 48.0 Å². The molecule has 0 atom stereocenters. The highest BCUT2D eigenvalue weighted by atomic mass is 79.9. The lowest BCUT2D eigenvalue weighted by molar-refractivity contribution is -0.138. The van der Waals surface area contributed by atoms with Gasteiger partial charge in [0.1, 0.15) is 0 Å². The van der Waals surface area contributed by atoms with E-state index in [4.69, 9.17) is 5.11 Å². The van der Waals surface area contributed by atoms with E-state index in [1.807, 2.05) is 11.9 Å². The first-order valence-electron chi connectivity index (χ1n) is 6.43. The van der Waals surface area contributed by atoms with Crippen LogP contribution in [0.1, 0.15) is 17.7 Å². The Morgan fingerprint density at radius 3 is 2.74 bits per heavy atom. The minimum absolute atomic E-state index is 0.141. The summed E-state index contributed by atoms with van der Waals surface area (Å²) in [5.74, 6) is -0.742. The maximum Gasteiger partial charge on any atom is 0.317 e. The topological polar surface area (TPSA) is 43.8 Å². The van der Waals surface area contributed by atoms with Crippen LogP contribution in [-0.2, 0) is 11.3 Å². The molecule has 1 aliphatic rings. The Morgan fingerprint density at radius 2 is 2.21 bits per heavy atom. The first kappa shape index (κ1) is 15.0. The van der Waals surface area contributed by atoms with E-state index < -0.39 is 5.97 Å². The number of likely N-dealkylation sites (N-methyl/N-ethyl adjacent to an activating group) is 1. The molecule has 0 bridgehead atoms. The smallest absolute Gasteiger partial charge is 0.317 e. The Labute approximate surface area is 126 Å². The average Bonchev–Trinajstić information content (AvgIpc) is 2.75. The normalized spacial score (nSPS) is 18.1. The Kier molecular flexibility index (Phi) is 5.38. The zero-order valence-corrected chi connectivity index (χ0v) is 13.4. The first-order valence-corrected chi connectivity index (χ1v) is 8.04. The number of piperidine rings is 1. The van der Waals surface area contributed by atoms with E-state index in [1.165, 1.54) is 8.66 Å². The molecule has 1 aromatic rings. The highest BCUT2D eigenvalue weighted by Crippen LogP contribution is 2.25. The second-order valence-electron chi connectivity index (χ2n) is 5.02. The molecule has 1 saturated heterocycles. The lowest BCUT2D eigenvalue weighted by Crippen LogP contribution is -2.44. The van der Waals surface area contributed by atoms with Crippen LogP contribution in [0, 0.1) is 0 Å². The van der Waals surface area contributed by atoms with Gasteiger partial charge in [0.25, 0.3) is 0 Å². The third kappa shape index (κ3) is 4.56. The van der Waals surface area contributed by atoms with E-state index in [0.717, 1.165) is 32.5 Å². The van der Waals surface area contributed by atoms with Crippen molar-refractivity contribution in [2.24, 2.45) is 0 Å². The van der Waals surface area contributed by atoms with Crippen molar-refractivity contribution < 1.29 is 9.90 Å². The monoisotopic (exact) mass is 346 g/mol. The molecule has 4 nitrogen and oxygen atoms in total. The van der Waals surface area contributed by atoms with Crippen LogP contribution in [0.25, 0.3) is 0 Å². The molecule has 2 rings (SSSR count). The zero-order valence-electron chi connectivity index (χ0n) is 11.0. The van der Waals surface area contributed by atoms with Crippen molar-refractivity contribution in [1.82, 2.24) is 9.80 Å². The molecule has 0 amide bonds. The number of carboxylic acids is 1. The molecule has 0 aromatic carbocycles. The Balaban J connectivity index is 1.77. The van der Waals surface area contributed by atoms with Crippen LogP contribution in [0.3, 0.4) is 0 Å². The van der Waals surface area contributed by atoms with Crippen molar-refractivity contribution in [2.45, 2.75) is 25.4 Å². The highest BCUT2D eigenvalue weighted by molar-refractivity contribution is 9.11. The number of halogens is 1. The highest BCUT2D eigenvalue weighted by Gasteiger charge is 2.23. The van der Waals surface area contributed by atoms with E-state index in [1.54, 1.807) is 11.3 Å². The summed E-state index contributed by atoms with van der Waals surface area (Å²) in [6, 6.07) is 4.66. The molecule has 1 aromatic heterocycles. The summed E-state index contributed by atoms with van der Waals surface area (Å²) < 4.78 is 1.18. The predicted octanol–water partition coefficient (Wildman–Crippen LogP) is 2.49. The third-order valence-electron chi connectivity index (χ3n) is 3.57. The Morgan fingerprint density at radius 1 is 1.53 bits per heavy atom. The number of likely N-dealkylation sites (tertiary alicyclic amines) is 1. The quantitative estimate of drug-likeness (QED) is 0.889. The number of aliphatic carboxylic acids is 1. The molecule has 0 spiro atoms. The molecule has 0 saturated carbocycles. The maximum absolute atomic E-state index is 10.7. The van der Waals surface area contributed by atoms with Crippen molar-refractivity contribution in [3.05, 3.63) is 20.8 Å². The molecule has 1 N–H and O–H groups in total. The number of thiophene rings is 1. The lowest BCUT2D eigenvalue weighted by atomic mass is 10.0. The zero-order chi connectivity index (χ0) is 13.8. The number of nitrogens with zero attached hydrogens (tertiary/aromatic N) is 2. The van der Waals surface area contributed by atoms with E-state index in [0.29, 0.717) is 6.04 Å². The van der Waals surface area contributed by atoms with Crippen molar-refractivity contribution in [2.75, 3.05) is 26.7 Å². The van der Waals surface area contributed by atoms with Crippen LogP contribution in [0.2, 0.25) is 0 Å². The fourth-order valence-corrected chi connectivity index (χ4v) is 4.04. The largest absolute Gasteiger partial charge is 0.480 e. The predicted molar refractivity (Wildman–Crippen MR) is 80.6 cm³/mol. The number of hydrogen-bond acceptors (Lipinski definition) is 4. The molecule has 0 unspecified atom stereocenters. The maximum atomic E-state index is 10.7. The summed E-state index contributed by atoms with van der Waals surface area (Å²) in [6.45, 7) is 3.24. The molecule has 106 valence electrons. The van der Waals surface area contributed by atoms with Crippen LogP contribution >= 0.6 is 27.3 Å².